The van der Waals surface area contributed by atoms with Crippen LogP contribution in [0.3, 0.4) is 0 Å². The number of nitrogens with two attached hydrogens (primary N) is 1. The molecular formula is C13H26N6. The Morgan fingerprint density at radius 3 is 2.79 bits per heavy atom. The topological polar surface area (TPSA) is 63.2 Å². The Hall–Kier alpha value is -0.980. The number of rotatable bonds is 4. The zero-order chi connectivity index (χ0) is 14.0. The van der Waals surface area contributed by atoms with Crippen molar-refractivity contribution in [3.8, 4) is 0 Å². The molecule has 2 rings (SSSR count). The van der Waals surface area contributed by atoms with Crippen LogP contribution in [-0.4, -0.2) is 70.4 Å². The SMILES string of the molecule is CC(C)n1ncnc1CC(N)C1CN(C)CCN1C. The van der Waals surface area contributed by atoms with Crippen LogP contribution < -0.4 is 5.73 Å². The van der Waals surface area contributed by atoms with Gasteiger partial charge < -0.3 is 10.6 Å². The standard InChI is InChI=1S/C13H26N6/c1-10(2)19-13(15-9-16-19)7-11(14)12-8-17(3)5-6-18(12)4/h9-12H,5-8,14H2,1-4H3. The molecule has 2 N–H and O–H groups in total. The molecule has 2 atom stereocenters. The van der Waals surface area contributed by atoms with E-state index in [1.54, 1.807) is 6.33 Å². The first kappa shape index (κ1) is 14.4. The van der Waals surface area contributed by atoms with Crippen LogP contribution in [0.25, 0.3) is 0 Å². The van der Waals surface area contributed by atoms with Crippen molar-refractivity contribution in [3.63, 3.8) is 0 Å². The van der Waals surface area contributed by atoms with E-state index in [-0.39, 0.29) is 6.04 Å². The van der Waals surface area contributed by atoms with E-state index < -0.39 is 0 Å². The van der Waals surface area contributed by atoms with Crippen molar-refractivity contribution in [2.24, 2.45) is 5.73 Å². The number of likely N-dealkylation sites (N-methyl/N-ethyl adjacent to an activating group) is 2. The van der Waals surface area contributed by atoms with Crippen LogP contribution in [0.2, 0.25) is 0 Å². The summed E-state index contributed by atoms with van der Waals surface area (Å²) in [6, 6.07) is 0.807. The number of piperazine rings is 1. The van der Waals surface area contributed by atoms with Gasteiger partial charge >= 0.3 is 0 Å². The fourth-order valence-corrected chi connectivity index (χ4v) is 2.70. The van der Waals surface area contributed by atoms with Crippen LogP contribution in [0.4, 0.5) is 0 Å². The summed E-state index contributed by atoms with van der Waals surface area (Å²) in [4.78, 5) is 9.06. The molecule has 0 aliphatic carbocycles. The molecule has 0 saturated carbocycles. The number of nitrogens with zero attached hydrogens (tertiary/aromatic N) is 5. The molecule has 1 fully saturated rings. The van der Waals surface area contributed by atoms with Gasteiger partial charge in [-0.15, -0.1) is 0 Å². The van der Waals surface area contributed by atoms with Crippen LogP contribution in [0.5, 0.6) is 0 Å². The lowest BCUT2D eigenvalue weighted by molar-refractivity contribution is 0.0965. The maximum Gasteiger partial charge on any atom is 0.138 e. The summed E-state index contributed by atoms with van der Waals surface area (Å²) in [5.41, 5.74) is 6.41. The summed E-state index contributed by atoms with van der Waals surface area (Å²) in [6.07, 6.45) is 2.40. The van der Waals surface area contributed by atoms with Crippen molar-refractivity contribution in [3.05, 3.63) is 12.2 Å². The molecule has 0 amide bonds. The second-order valence-electron chi connectivity index (χ2n) is 5.89. The fourth-order valence-electron chi connectivity index (χ4n) is 2.70. The van der Waals surface area contributed by atoms with E-state index in [1.165, 1.54) is 0 Å². The molecule has 19 heavy (non-hydrogen) atoms. The Balaban J connectivity index is 2.03. The quantitative estimate of drug-likeness (QED) is 0.829. The van der Waals surface area contributed by atoms with Gasteiger partial charge in [0.25, 0.3) is 0 Å². The first-order valence-corrected chi connectivity index (χ1v) is 7.01. The summed E-state index contributed by atoms with van der Waals surface area (Å²) in [5, 5.41) is 4.27. The van der Waals surface area contributed by atoms with Crippen molar-refractivity contribution >= 4 is 0 Å². The molecule has 1 aromatic heterocycles. The Kier molecular flexibility index (Phi) is 4.54. The van der Waals surface area contributed by atoms with E-state index in [0.29, 0.717) is 12.1 Å². The van der Waals surface area contributed by atoms with Gasteiger partial charge in [-0.1, -0.05) is 0 Å². The lowest BCUT2D eigenvalue weighted by atomic mass is 10.0. The molecule has 1 aromatic rings. The van der Waals surface area contributed by atoms with Crippen LogP contribution in [0.15, 0.2) is 6.33 Å². The summed E-state index contributed by atoms with van der Waals surface area (Å²) < 4.78 is 1.96. The average Bonchev–Trinajstić information content (AvgIpc) is 2.80. The molecule has 6 heteroatoms. The van der Waals surface area contributed by atoms with Gasteiger partial charge in [0.05, 0.1) is 0 Å². The fraction of sp³-hybridized carbons (Fsp3) is 0.846. The van der Waals surface area contributed by atoms with Crippen LogP contribution in [0, 0.1) is 0 Å². The molecule has 0 spiro atoms. The molecule has 1 aliphatic rings. The minimum atomic E-state index is 0.0921. The van der Waals surface area contributed by atoms with Gasteiger partial charge in [0, 0.05) is 44.2 Å². The van der Waals surface area contributed by atoms with Crippen molar-refractivity contribution in [2.45, 2.75) is 38.4 Å². The zero-order valence-electron chi connectivity index (χ0n) is 12.5. The molecule has 2 heterocycles. The van der Waals surface area contributed by atoms with E-state index in [0.717, 1.165) is 31.9 Å². The highest BCUT2D eigenvalue weighted by molar-refractivity contribution is 4.96. The summed E-state index contributed by atoms with van der Waals surface area (Å²) in [5.74, 6) is 0.990. The van der Waals surface area contributed by atoms with Crippen LogP contribution in [0.1, 0.15) is 25.7 Å². The second-order valence-corrected chi connectivity index (χ2v) is 5.89. The molecule has 0 bridgehead atoms. The molecule has 0 aromatic carbocycles. The van der Waals surface area contributed by atoms with Gasteiger partial charge in [-0.05, 0) is 27.9 Å². The third-order valence-corrected chi connectivity index (χ3v) is 3.95. The van der Waals surface area contributed by atoms with Crippen molar-refractivity contribution < 1.29 is 0 Å². The second kappa shape index (κ2) is 5.98. The van der Waals surface area contributed by atoms with Gasteiger partial charge in [0.15, 0.2) is 0 Å². The first-order chi connectivity index (χ1) is 8.99. The Morgan fingerprint density at radius 2 is 2.11 bits per heavy atom. The van der Waals surface area contributed by atoms with E-state index >= 15 is 0 Å². The monoisotopic (exact) mass is 266 g/mol. The average molecular weight is 266 g/mol. The third kappa shape index (κ3) is 3.32. The predicted molar refractivity (Wildman–Crippen MR) is 76.0 cm³/mol. The van der Waals surface area contributed by atoms with Crippen LogP contribution in [-0.2, 0) is 6.42 Å². The highest BCUT2D eigenvalue weighted by Gasteiger charge is 2.28. The smallest absolute Gasteiger partial charge is 0.138 e. The van der Waals surface area contributed by atoms with Gasteiger partial charge in [-0.25, -0.2) is 9.67 Å². The minimum absolute atomic E-state index is 0.0921. The van der Waals surface area contributed by atoms with Crippen molar-refractivity contribution in [1.82, 2.24) is 24.6 Å². The molecule has 6 nitrogen and oxygen atoms in total. The Bertz CT molecular complexity index is 402. The van der Waals surface area contributed by atoms with E-state index in [2.05, 4.69) is 47.8 Å². The molecule has 108 valence electrons. The molecule has 1 aliphatic heterocycles. The normalized spacial score (nSPS) is 24.0. The maximum absolute atomic E-state index is 6.41. The predicted octanol–water partition coefficient (Wildman–Crippen LogP) is -0.0254. The van der Waals surface area contributed by atoms with Gasteiger partial charge in [0.1, 0.15) is 12.2 Å². The number of hydrogen-bond donors (Lipinski definition) is 1. The van der Waals surface area contributed by atoms with Crippen molar-refractivity contribution in [1.29, 1.82) is 0 Å². The largest absolute Gasteiger partial charge is 0.326 e. The summed E-state index contributed by atoms with van der Waals surface area (Å²) in [6.45, 7) is 7.44. The van der Waals surface area contributed by atoms with E-state index in [4.69, 9.17) is 5.73 Å². The highest BCUT2D eigenvalue weighted by atomic mass is 15.3. The maximum atomic E-state index is 6.41. The van der Waals surface area contributed by atoms with Gasteiger partial charge in [-0.3, -0.25) is 4.90 Å². The lowest BCUT2D eigenvalue weighted by Gasteiger charge is -2.40. The van der Waals surface area contributed by atoms with Crippen LogP contribution >= 0.6 is 0 Å². The third-order valence-electron chi connectivity index (χ3n) is 3.95. The first-order valence-electron chi connectivity index (χ1n) is 7.01. The Labute approximate surface area is 115 Å². The summed E-state index contributed by atoms with van der Waals surface area (Å²) in [7, 11) is 4.31. The summed E-state index contributed by atoms with van der Waals surface area (Å²) >= 11 is 0. The Morgan fingerprint density at radius 1 is 1.37 bits per heavy atom. The number of hydrogen-bond acceptors (Lipinski definition) is 5. The van der Waals surface area contributed by atoms with E-state index in [9.17, 15) is 0 Å². The number of aromatic nitrogens is 3. The lowest BCUT2D eigenvalue weighted by Crippen LogP contribution is -2.58. The zero-order valence-corrected chi connectivity index (χ0v) is 12.5. The minimum Gasteiger partial charge on any atom is -0.326 e. The van der Waals surface area contributed by atoms with Gasteiger partial charge in [0.2, 0.25) is 0 Å². The highest BCUT2D eigenvalue weighted by Crippen LogP contribution is 2.13. The molecule has 2 unspecified atom stereocenters. The van der Waals surface area contributed by atoms with E-state index in [1.807, 2.05) is 4.68 Å². The molecule has 1 saturated heterocycles. The van der Waals surface area contributed by atoms with Gasteiger partial charge in [-0.2, -0.15) is 5.10 Å². The van der Waals surface area contributed by atoms with Crippen molar-refractivity contribution in [2.75, 3.05) is 33.7 Å². The molecular weight excluding hydrogens is 240 g/mol. The molecule has 0 radical (unpaired) electrons.